The summed E-state index contributed by atoms with van der Waals surface area (Å²) < 4.78 is 2.04. The van der Waals surface area contributed by atoms with E-state index in [9.17, 15) is 14.9 Å². The van der Waals surface area contributed by atoms with E-state index in [-0.39, 0.29) is 22.8 Å². The van der Waals surface area contributed by atoms with Crippen molar-refractivity contribution in [1.82, 2.24) is 9.55 Å². The summed E-state index contributed by atoms with van der Waals surface area (Å²) in [7, 11) is 0. The first-order valence-electron chi connectivity index (χ1n) is 5.98. The van der Waals surface area contributed by atoms with Crippen LogP contribution in [0.15, 0.2) is 27.5 Å². The summed E-state index contributed by atoms with van der Waals surface area (Å²) in [5.41, 5.74) is 0.906. The Labute approximate surface area is 133 Å². The number of rotatable bonds is 3. The van der Waals surface area contributed by atoms with Crippen LogP contribution in [0.5, 0.6) is 0 Å². The molecule has 0 atom stereocenters. The van der Waals surface area contributed by atoms with Crippen molar-refractivity contribution in [2.45, 2.75) is 20.4 Å². The van der Waals surface area contributed by atoms with Crippen LogP contribution >= 0.6 is 27.5 Å². The molecule has 0 radical (unpaired) electrons. The molecule has 2 aromatic rings. The highest BCUT2D eigenvalue weighted by atomic mass is 79.9. The zero-order valence-electron chi connectivity index (χ0n) is 11.3. The van der Waals surface area contributed by atoms with Crippen molar-refractivity contribution in [3.8, 4) is 0 Å². The highest BCUT2D eigenvalue weighted by molar-refractivity contribution is 9.10. The minimum Gasteiger partial charge on any atom is -0.291 e. The van der Waals surface area contributed by atoms with E-state index in [1.54, 1.807) is 19.9 Å². The topological polar surface area (TPSA) is 78.0 Å². The number of hydrogen-bond acceptors (Lipinski definition) is 4. The average molecular weight is 373 g/mol. The van der Waals surface area contributed by atoms with Crippen molar-refractivity contribution >= 4 is 33.2 Å². The molecule has 2 rings (SSSR count). The molecule has 0 aliphatic heterocycles. The Morgan fingerprint density at radius 3 is 2.71 bits per heavy atom. The van der Waals surface area contributed by atoms with Crippen LogP contribution in [0.3, 0.4) is 0 Å². The number of nitro groups is 1. The number of halogens is 2. The van der Waals surface area contributed by atoms with E-state index >= 15 is 0 Å². The smallest absolute Gasteiger partial charge is 0.291 e. The van der Waals surface area contributed by atoms with Gasteiger partial charge in [0, 0.05) is 11.8 Å². The van der Waals surface area contributed by atoms with Gasteiger partial charge in [-0.25, -0.2) is 4.79 Å². The molecule has 0 aliphatic carbocycles. The molecule has 0 spiro atoms. The Morgan fingerprint density at radius 2 is 2.10 bits per heavy atom. The predicted molar refractivity (Wildman–Crippen MR) is 82.9 cm³/mol. The molecule has 8 heteroatoms. The van der Waals surface area contributed by atoms with Gasteiger partial charge in [0.1, 0.15) is 0 Å². The summed E-state index contributed by atoms with van der Waals surface area (Å²) in [6.45, 7) is 3.44. The van der Waals surface area contributed by atoms with Gasteiger partial charge in [-0.1, -0.05) is 17.7 Å². The van der Waals surface area contributed by atoms with Crippen molar-refractivity contribution in [3.05, 3.63) is 65.2 Å². The van der Waals surface area contributed by atoms with Gasteiger partial charge in [0.15, 0.2) is 0 Å². The Bertz CT molecular complexity index is 789. The van der Waals surface area contributed by atoms with Crippen LogP contribution in [0.1, 0.15) is 17.0 Å². The molecule has 0 bridgehead atoms. The Hall–Kier alpha value is -1.73. The van der Waals surface area contributed by atoms with E-state index in [1.165, 1.54) is 16.7 Å². The van der Waals surface area contributed by atoms with Gasteiger partial charge in [-0.15, -0.1) is 0 Å². The first-order chi connectivity index (χ1) is 9.82. The first kappa shape index (κ1) is 15.7. The van der Waals surface area contributed by atoms with Gasteiger partial charge in [-0.2, -0.15) is 4.98 Å². The number of nitro benzene ring substituents is 1. The molecule has 1 aromatic heterocycles. The summed E-state index contributed by atoms with van der Waals surface area (Å²) in [6, 6.07) is 4.42. The lowest BCUT2D eigenvalue weighted by Crippen LogP contribution is -2.27. The summed E-state index contributed by atoms with van der Waals surface area (Å²) in [4.78, 5) is 26.5. The van der Waals surface area contributed by atoms with E-state index in [4.69, 9.17) is 11.6 Å². The van der Waals surface area contributed by atoms with Crippen LogP contribution in [-0.4, -0.2) is 14.5 Å². The molecule has 0 fully saturated rings. The number of aromatic nitrogens is 2. The van der Waals surface area contributed by atoms with Gasteiger partial charge in [0.25, 0.3) is 5.69 Å². The standard InChI is InChI=1S/C13H11BrClN3O3/c1-7-12(14)8(2)17(13(19)16-7)6-9-10(15)4-3-5-11(9)18(20)21/h3-5H,6H2,1-2H3. The highest BCUT2D eigenvalue weighted by Crippen LogP contribution is 2.27. The molecule has 1 aromatic carbocycles. The molecule has 110 valence electrons. The quantitative estimate of drug-likeness (QED) is 0.612. The second-order valence-corrected chi connectivity index (χ2v) is 5.66. The fourth-order valence-electron chi connectivity index (χ4n) is 2.00. The summed E-state index contributed by atoms with van der Waals surface area (Å²) >= 11 is 9.40. The van der Waals surface area contributed by atoms with E-state index in [0.29, 0.717) is 15.9 Å². The zero-order valence-corrected chi connectivity index (χ0v) is 13.6. The van der Waals surface area contributed by atoms with E-state index < -0.39 is 10.6 Å². The summed E-state index contributed by atoms with van der Waals surface area (Å²) in [5, 5.41) is 11.3. The molecule has 0 amide bonds. The highest BCUT2D eigenvalue weighted by Gasteiger charge is 2.19. The third kappa shape index (κ3) is 2.98. The molecule has 6 nitrogen and oxygen atoms in total. The van der Waals surface area contributed by atoms with Crippen molar-refractivity contribution in [2.24, 2.45) is 0 Å². The minimum atomic E-state index is -0.516. The van der Waals surface area contributed by atoms with Crippen molar-refractivity contribution < 1.29 is 4.92 Å². The van der Waals surface area contributed by atoms with Crippen molar-refractivity contribution in [1.29, 1.82) is 0 Å². The van der Waals surface area contributed by atoms with Crippen LogP contribution in [0.4, 0.5) is 5.69 Å². The van der Waals surface area contributed by atoms with E-state index in [2.05, 4.69) is 20.9 Å². The molecule has 0 saturated heterocycles. The molecular formula is C13H11BrClN3O3. The van der Waals surface area contributed by atoms with Crippen LogP contribution < -0.4 is 5.69 Å². The van der Waals surface area contributed by atoms with Crippen LogP contribution in [-0.2, 0) is 6.54 Å². The first-order valence-corrected chi connectivity index (χ1v) is 7.15. The average Bonchev–Trinajstić information content (AvgIpc) is 2.42. The second kappa shape index (κ2) is 5.95. The molecule has 0 aliphatic rings. The molecule has 0 saturated carbocycles. The van der Waals surface area contributed by atoms with Crippen LogP contribution in [0.25, 0.3) is 0 Å². The fourth-order valence-corrected chi connectivity index (χ4v) is 2.53. The van der Waals surface area contributed by atoms with Crippen molar-refractivity contribution in [3.63, 3.8) is 0 Å². The number of hydrogen-bond donors (Lipinski definition) is 0. The number of nitrogens with zero attached hydrogens (tertiary/aromatic N) is 3. The fraction of sp³-hybridized carbons (Fsp3) is 0.231. The largest absolute Gasteiger partial charge is 0.348 e. The lowest BCUT2D eigenvalue weighted by Gasteiger charge is -2.13. The minimum absolute atomic E-state index is 0.00741. The second-order valence-electron chi connectivity index (χ2n) is 4.46. The SMILES string of the molecule is Cc1nc(=O)n(Cc2c(Cl)cccc2[N+](=O)[O-])c(C)c1Br. The van der Waals surface area contributed by atoms with Crippen LogP contribution in [0, 0.1) is 24.0 Å². The molecule has 21 heavy (non-hydrogen) atoms. The molecule has 0 N–H and O–H groups in total. The van der Waals surface area contributed by atoms with Crippen LogP contribution in [0.2, 0.25) is 5.02 Å². The van der Waals surface area contributed by atoms with Gasteiger partial charge in [-0.05, 0) is 35.8 Å². The molecule has 1 heterocycles. The lowest BCUT2D eigenvalue weighted by atomic mass is 10.1. The van der Waals surface area contributed by atoms with Gasteiger partial charge in [0.2, 0.25) is 0 Å². The van der Waals surface area contributed by atoms with E-state index in [1.807, 2.05) is 0 Å². The molecular weight excluding hydrogens is 362 g/mol. The normalized spacial score (nSPS) is 10.7. The summed E-state index contributed by atoms with van der Waals surface area (Å²) in [5.74, 6) is 0. The third-order valence-corrected chi connectivity index (χ3v) is 4.64. The number of aryl methyl sites for hydroxylation is 1. The summed E-state index contributed by atoms with van der Waals surface area (Å²) in [6.07, 6.45) is 0. The van der Waals surface area contributed by atoms with Gasteiger partial charge in [0.05, 0.1) is 32.2 Å². The maximum absolute atomic E-state index is 12.0. The maximum Gasteiger partial charge on any atom is 0.348 e. The third-order valence-electron chi connectivity index (χ3n) is 3.14. The zero-order chi connectivity index (χ0) is 15.7. The van der Waals surface area contributed by atoms with Gasteiger partial charge in [-0.3, -0.25) is 14.7 Å². The Balaban J connectivity index is 2.62. The maximum atomic E-state index is 12.0. The van der Waals surface area contributed by atoms with E-state index in [0.717, 1.165) is 0 Å². The monoisotopic (exact) mass is 371 g/mol. The number of benzene rings is 1. The lowest BCUT2D eigenvalue weighted by molar-refractivity contribution is -0.385. The van der Waals surface area contributed by atoms with Gasteiger partial charge < -0.3 is 0 Å². The predicted octanol–water partition coefficient (Wildman–Crippen LogP) is 3.23. The Morgan fingerprint density at radius 1 is 1.43 bits per heavy atom. The Kier molecular flexibility index (Phi) is 4.43. The van der Waals surface area contributed by atoms with Crippen molar-refractivity contribution in [2.75, 3.05) is 0 Å². The molecule has 0 unspecified atom stereocenters. The van der Waals surface area contributed by atoms with Gasteiger partial charge >= 0.3 is 5.69 Å².